The van der Waals surface area contributed by atoms with Crippen molar-refractivity contribution >= 4 is 55.8 Å². The summed E-state index contributed by atoms with van der Waals surface area (Å²) < 4.78 is 4.96. The van der Waals surface area contributed by atoms with Crippen molar-refractivity contribution in [1.82, 2.24) is 9.13 Å². The highest BCUT2D eigenvalue weighted by Crippen LogP contribution is 2.55. The van der Waals surface area contributed by atoms with E-state index >= 15 is 0 Å². The number of aryl methyl sites for hydroxylation is 2. The third kappa shape index (κ3) is 6.73. The molecule has 11 rings (SSSR count). The number of benzene rings is 8. The van der Waals surface area contributed by atoms with Gasteiger partial charge < -0.3 is 9.13 Å². The Balaban J connectivity index is 1.06. The van der Waals surface area contributed by atoms with Crippen molar-refractivity contribution < 1.29 is 0 Å². The molecule has 0 fully saturated rings. The fourth-order valence-corrected chi connectivity index (χ4v) is 11.1. The van der Waals surface area contributed by atoms with Gasteiger partial charge in [0.25, 0.3) is 0 Å². The highest BCUT2D eigenvalue weighted by molar-refractivity contribution is 6.10. The van der Waals surface area contributed by atoms with Crippen molar-refractivity contribution in [1.29, 1.82) is 0 Å². The van der Waals surface area contributed by atoms with Gasteiger partial charge in [-0.25, -0.2) is 0 Å². The van der Waals surface area contributed by atoms with Crippen LogP contribution in [0.15, 0.2) is 195 Å². The predicted molar refractivity (Wildman–Crippen MR) is 270 cm³/mol. The highest BCUT2D eigenvalue weighted by Gasteiger charge is 2.42. The van der Waals surface area contributed by atoms with Gasteiger partial charge in [-0.3, -0.25) is 0 Å². The molecule has 0 amide bonds. The number of unbranched alkanes of at least 4 members (excludes halogenated alkanes) is 2. The van der Waals surface area contributed by atoms with Crippen LogP contribution >= 0.6 is 0 Å². The van der Waals surface area contributed by atoms with E-state index in [2.05, 4.69) is 204 Å². The Hall–Kier alpha value is -7.16. The SMILES string of the molecule is C=Cc1cccc(CCCCC2(CCCCc3cccc(C=C)c3)c3ccc(-n4c5ccccc5c5ccccc54)cc3-c3cc(-n4c5ccccc5c5ccccc54)ccc32)c1. The van der Waals surface area contributed by atoms with Crippen LogP contribution in [-0.4, -0.2) is 9.13 Å². The summed E-state index contributed by atoms with van der Waals surface area (Å²) in [7, 11) is 0. The first kappa shape index (κ1) is 38.7. The van der Waals surface area contributed by atoms with E-state index in [1.54, 1.807) is 0 Å². The van der Waals surface area contributed by atoms with Crippen LogP contribution in [0, 0.1) is 0 Å². The van der Waals surface area contributed by atoms with Crippen LogP contribution in [0.4, 0.5) is 0 Å². The summed E-state index contributed by atoms with van der Waals surface area (Å²) in [5.41, 5.74) is 18.1. The highest BCUT2D eigenvalue weighted by atomic mass is 15.0. The van der Waals surface area contributed by atoms with Gasteiger partial charge in [0.1, 0.15) is 0 Å². The summed E-state index contributed by atoms with van der Waals surface area (Å²) in [6.45, 7) is 8.07. The summed E-state index contributed by atoms with van der Waals surface area (Å²) in [5.74, 6) is 0. The zero-order valence-corrected chi connectivity index (χ0v) is 35.9. The molecule has 0 radical (unpaired) electrons. The third-order valence-corrected chi connectivity index (χ3v) is 14.0. The van der Waals surface area contributed by atoms with Crippen LogP contribution in [0.3, 0.4) is 0 Å². The number of hydrogen-bond donors (Lipinski definition) is 0. The normalized spacial score (nSPS) is 12.9. The Labute approximate surface area is 371 Å². The Kier molecular flexibility index (Phi) is 10.0. The van der Waals surface area contributed by atoms with Gasteiger partial charge in [-0.2, -0.15) is 0 Å². The van der Waals surface area contributed by atoms with Crippen LogP contribution < -0.4 is 0 Å². The fourth-order valence-electron chi connectivity index (χ4n) is 11.1. The summed E-state index contributed by atoms with van der Waals surface area (Å²) >= 11 is 0. The van der Waals surface area contributed by atoms with Gasteiger partial charge in [-0.1, -0.05) is 172 Å². The lowest BCUT2D eigenvalue weighted by atomic mass is 9.70. The smallest absolute Gasteiger partial charge is 0.0541 e. The molecule has 2 heterocycles. The van der Waals surface area contributed by atoms with Crippen molar-refractivity contribution in [3.8, 4) is 22.5 Å². The minimum atomic E-state index is -0.116. The molecule has 63 heavy (non-hydrogen) atoms. The first-order valence-corrected chi connectivity index (χ1v) is 22.8. The van der Waals surface area contributed by atoms with Gasteiger partial charge >= 0.3 is 0 Å². The first-order valence-electron chi connectivity index (χ1n) is 22.8. The largest absolute Gasteiger partial charge is 0.309 e. The molecule has 2 heteroatoms. The second-order valence-corrected chi connectivity index (χ2v) is 17.6. The minimum Gasteiger partial charge on any atom is -0.309 e. The number of aromatic nitrogens is 2. The molecule has 2 nitrogen and oxygen atoms in total. The van der Waals surface area contributed by atoms with Crippen LogP contribution in [0.2, 0.25) is 0 Å². The second-order valence-electron chi connectivity index (χ2n) is 17.6. The molecule has 1 aliphatic rings. The lowest BCUT2D eigenvalue weighted by molar-refractivity contribution is 0.407. The van der Waals surface area contributed by atoms with Crippen LogP contribution in [-0.2, 0) is 18.3 Å². The molecule has 0 aliphatic heterocycles. The van der Waals surface area contributed by atoms with E-state index in [-0.39, 0.29) is 5.41 Å². The molecule has 1 aliphatic carbocycles. The molecular weight excluding hydrogens is 761 g/mol. The maximum absolute atomic E-state index is 4.03. The van der Waals surface area contributed by atoms with E-state index < -0.39 is 0 Å². The van der Waals surface area contributed by atoms with E-state index in [1.807, 2.05) is 12.2 Å². The third-order valence-electron chi connectivity index (χ3n) is 14.0. The molecule has 10 aromatic rings. The van der Waals surface area contributed by atoms with E-state index in [9.17, 15) is 0 Å². The molecule has 0 unspecified atom stereocenters. The maximum Gasteiger partial charge on any atom is 0.0541 e. The number of para-hydroxylation sites is 4. The zero-order chi connectivity index (χ0) is 42.3. The lowest BCUT2D eigenvalue weighted by Crippen LogP contribution is -2.25. The number of fused-ring (bicyclic) bond motifs is 9. The molecule has 0 bridgehead atoms. The lowest BCUT2D eigenvalue weighted by Gasteiger charge is -2.33. The van der Waals surface area contributed by atoms with Crippen LogP contribution in [0.25, 0.3) is 78.3 Å². The minimum absolute atomic E-state index is 0.116. The fraction of sp³-hybridized carbons (Fsp3) is 0.148. The Morgan fingerprint density at radius 1 is 0.381 bits per heavy atom. The Bertz CT molecular complexity index is 3020. The summed E-state index contributed by atoms with van der Waals surface area (Å²) in [5, 5.41) is 5.15. The van der Waals surface area contributed by atoms with Gasteiger partial charge in [0, 0.05) is 38.3 Å². The number of nitrogens with zero attached hydrogens (tertiary/aromatic N) is 2. The van der Waals surface area contributed by atoms with E-state index in [0.717, 1.165) is 51.4 Å². The van der Waals surface area contributed by atoms with Gasteiger partial charge in [-0.15, -0.1) is 0 Å². The molecule has 0 saturated heterocycles. The van der Waals surface area contributed by atoms with Gasteiger partial charge in [0.15, 0.2) is 0 Å². The van der Waals surface area contributed by atoms with Crippen molar-refractivity contribution in [2.45, 2.75) is 56.8 Å². The van der Waals surface area contributed by atoms with Crippen LogP contribution in [0.1, 0.15) is 71.9 Å². The molecule has 2 aromatic heterocycles. The number of rotatable bonds is 14. The van der Waals surface area contributed by atoms with E-state index in [4.69, 9.17) is 0 Å². The van der Waals surface area contributed by atoms with Gasteiger partial charge in [0.05, 0.1) is 22.1 Å². The van der Waals surface area contributed by atoms with Gasteiger partial charge in [-0.05, 0) is 132 Å². The molecule has 306 valence electrons. The molecular formula is C61H52N2. The quantitative estimate of drug-likeness (QED) is 0.0968. The first-order chi connectivity index (χ1) is 31.1. The molecule has 0 saturated carbocycles. The Morgan fingerprint density at radius 2 is 0.762 bits per heavy atom. The molecule has 8 aromatic carbocycles. The van der Waals surface area contributed by atoms with Crippen LogP contribution in [0.5, 0.6) is 0 Å². The monoisotopic (exact) mass is 812 g/mol. The topological polar surface area (TPSA) is 9.86 Å². The standard InChI is InChI=1S/C61H52N2/c1-3-43-21-17-23-45(39-43)19-13-15-37-61(38-16-14-20-46-24-18-22-44(4-2)40-46)55-35-33-47(62-57-29-9-5-25-49(57)50-26-6-10-30-58(50)62)41-53(55)54-42-48(34-36-56(54)61)63-59-31-11-7-27-51(59)52-28-8-12-32-60(52)63/h3-12,17-18,21-36,39-42H,1-2,13-16,19-20,37-38H2. The summed E-state index contributed by atoms with van der Waals surface area (Å²) in [6, 6.07) is 68.2. The average molecular weight is 813 g/mol. The average Bonchev–Trinajstić information content (AvgIpc) is 3.95. The second kappa shape index (κ2) is 16.3. The number of hydrogen-bond acceptors (Lipinski definition) is 0. The van der Waals surface area contributed by atoms with E-state index in [0.29, 0.717) is 0 Å². The van der Waals surface area contributed by atoms with E-state index in [1.165, 1.54) is 99.5 Å². The Morgan fingerprint density at radius 3 is 1.14 bits per heavy atom. The molecule has 0 spiro atoms. The summed E-state index contributed by atoms with van der Waals surface area (Å²) in [6.07, 6.45) is 12.8. The molecule has 0 N–H and O–H groups in total. The van der Waals surface area contributed by atoms with Crippen molar-refractivity contribution in [2.75, 3.05) is 0 Å². The maximum atomic E-state index is 4.03. The van der Waals surface area contributed by atoms with Gasteiger partial charge in [0.2, 0.25) is 0 Å². The van der Waals surface area contributed by atoms with Crippen molar-refractivity contribution in [3.63, 3.8) is 0 Å². The molecule has 0 atom stereocenters. The predicted octanol–water partition coefficient (Wildman–Crippen LogP) is 16.3. The zero-order valence-electron chi connectivity index (χ0n) is 35.9. The van der Waals surface area contributed by atoms with Crippen molar-refractivity contribution in [2.24, 2.45) is 0 Å². The van der Waals surface area contributed by atoms with Crippen molar-refractivity contribution in [3.05, 3.63) is 229 Å². The summed E-state index contributed by atoms with van der Waals surface area (Å²) in [4.78, 5) is 0.